The maximum Gasteiger partial charge on any atom is 0.355 e. The van der Waals surface area contributed by atoms with Crippen LogP contribution in [0.3, 0.4) is 0 Å². The van der Waals surface area contributed by atoms with Gasteiger partial charge < -0.3 is 15.1 Å². The Labute approximate surface area is 252 Å². The molecule has 1 unspecified atom stereocenters. The molecule has 2 aliphatic heterocycles. The number of fused-ring (bicyclic) bond motifs is 5. The molecule has 2 bridgehead atoms. The standard InChI is InChI=1S/C30H30F2N8O3S/c1-4-23(41)38-11-13-39(14-12-38)28-18-16-20(32)26-24-19(31)6-5-7-21(24)34-10-15-44(33,43)22-8-9-35-25(17(2)3)27(22)40(29(18)36-26)30(42)37-28/h4-9,16-17,33-34H,1,10-15H2,2-3H3. The predicted molar refractivity (Wildman–Crippen MR) is 164 cm³/mol. The molecule has 0 radical (unpaired) electrons. The van der Waals surface area contributed by atoms with Crippen LogP contribution in [0, 0.1) is 16.4 Å². The summed E-state index contributed by atoms with van der Waals surface area (Å²) in [5.74, 6) is -2.13. The molecule has 0 saturated carbocycles. The zero-order valence-electron chi connectivity index (χ0n) is 24.1. The van der Waals surface area contributed by atoms with E-state index in [-0.39, 0.29) is 68.5 Å². The van der Waals surface area contributed by atoms with Gasteiger partial charge >= 0.3 is 5.69 Å². The van der Waals surface area contributed by atoms with E-state index in [4.69, 9.17) is 4.78 Å². The van der Waals surface area contributed by atoms with E-state index >= 15 is 8.78 Å². The van der Waals surface area contributed by atoms with Crippen molar-refractivity contribution in [1.82, 2.24) is 24.4 Å². The van der Waals surface area contributed by atoms with Crippen molar-refractivity contribution in [3.8, 4) is 16.9 Å². The Morgan fingerprint density at radius 2 is 1.89 bits per heavy atom. The molecule has 0 spiro atoms. The Balaban J connectivity index is 1.72. The number of halogens is 2. The molecule has 0 aliphatic carbocycles. The molecule has 1 aromatic carbocycles. The van der Waals surface area contributed by atoms with Crippen LogP contribution in [0.2, 0.25) is 0 Å². The number of pyridine rings is 2. The van der Waals surface area contributed by atoms with Crippen molar-refractivity contribution in [2.45, 2.75) is 24.7 Å². The number of piperazine rings is 1. The van der Waals surface area contributed by atoms with Gasteiger partial charge in [0, 0.05) is 44.6 Å². The fourth-order valence-electron chi connectivity index (χ4n) is 5.71. The first-order valence-corrected chi connectivity index (χ1v) is 15.8. The van der Waals surface area contributed by atoms with Gasteiger partial charge in [0.15, 0.2) is 11.5 Å². The topological polar surface area (TPSA) is 137 Å². The second-order valence-corrected chi connectivity index (χ2v) is 13.1. The first kappa shape index (κ1) is 29.4. The van der Waals surface area contributed by atoms with Gasteiger partial charge in [0.1, 0.15) is 17.3 Å². The average Bonchev–Trinajstić information content (AvgIpc) is 3.00. The number of aromatic nitrogens is 4. The van der Waals surface area contributed by atoms with Gasteiger partial charge in [-0.25, -0.2) is 32.1 Å². The third-order valence-corrected chi connectivity index (χ3v) is 9.68. The Kier molecular flexibility index (Phi) is 7.40. The molecule has 228 valence electrons. The van der Waals surface area contributed by atoms with E-state index in [1.807, 2.05) is 13.8 Å². The Morgan fingerprint density at radius 3 is 2.59 bits per heavy atom. The lowest BCUT2D eigenvalue weighted by Gasteiger charge is -2.35. The molecule has 1 amide bonds. The van der Waals surface area contributed by atoms with E-state index in [0.717, 1.165) is 4.57 Å². The van der Waals surface area contributed by atoms with Crippen molar-refractivity contribution in [1.29, 1.82) is 4.78 Å². The lowest BCUT2D eigenvalue weighted by Crippen LogP contribution is -2.49. The molecular weight excluding hydrogens is 590 g/mol. The molecule has 1 saturated heterocycles. The minimum Gasteiger partial charge on any atom is -0.383 e. The highest BCUT2D eigenvalue weighted by Crippen LogP contribution is 2.37. The van der Waals surface area contributed by atoms with Crippen LogP contribution in [0.25, 0.3) is 28.0 Å². The van der Waals surface area contributed by atoms with Crippen LogP contribution >= 0.6 is 0 Å². The molecule has 3 aromatic heterocycles. The monoisotopic (exact) mass is 620 g/mol. The third kappa shape index (κ3) is 4.88. The van der Waals surface area contributed by atoms with Crippen LogP contribution in [0.15, 0.2) is 58.9 Å². The smallest absolute Gasteiger partial charge is 0.355 e. The summed E-state index contributed by atoms with van der Waals surface area (Å²) in [6, 6.07) is 6.79. The summed E-state index contributed by atoms with van der Waals surface area (Å²) >= 11 is 0. The van der Waals surface area contributed by atoms with E-state index in [9.17, 15) is 13.8 Å². The molecule has 6 rings (SSSR count). The number of nitrogens with one attached hydrogen (secondary N) is 2. The number of carbonyl (C=O) groups excluding carboxylic acids is 1. The maximum atomic E-state index is 16.1. The van der Waals surface area contributed by atoms with Crippen LogP contribution in [0.5, 0.6) is 0 Å². The molecule has 5 heterocycles. The highest BCUT2D eigenvalue weighted by Gasteiger charge is 2.30. The first-order chi connectivity index (χ1) is 21.0. The second kappa shape index (κ2) is 11.1. The summed E-state index contributed by atoms with van der Waals surface area (Å²) in [4.78, 5) is 43.1. The summed E-state index contributed by atoms with van der Waals surface area (Å²) in [6.07, 6.45) is 2.68. The van der Waals surface area contributed by atoms with Crippen molar-refractivity contribution in [3.05, 3.63) is 77.0 Å². The number of hydrogen-bond donors (Lipinski definition) is 2. The lowest BCUT2D eigenvalue weighted by atomic mass is 10.1. The van der Waals surface area contributed by atoms with E-state index in [1.165, 1.54) is 36.5 Å². The number of hydrogen-bond acceptors (Lipinski definition) is 9. The Morgan fingerprint density at radius 1 is 1.14 bits per heavy atom. The Bertz CT molecular complexity index is 2000. The van der Waals surface area contributed by atoms with Gasteiger partial charge in [-0.3, -0.25) is 9.78 Å². The van der Waals surface area contributed by atoms with Crippen LogP contribution < -0.4 is 15.9 Å². The Hall–Kier alpha value is -4.72. The van der Waals surface area contributed by atoms with E-state index in [2.05, 4.69) is 26.8 Å². The second-order valence-electron chi connectivity index (χ2n) is 10.9. The molecule has 11 nitrogen and oxygen atoms in total. The van der Waals surface area contributed by atoms with Crippen LogP contribution in [-0.4, -0.2) is 73.0 Å². The van der Waals surface area contributed by atoms with Crippen LogP contribution in [0.1, 0.15) is 25.5 Å². The zero-order chi connectivity index (χ0) is 31.3. The van der Waals surface area contributed by atoms with E-state index in [0.29, 0.717) is 31.9 Å². The highest BCUT2D eigenvalue weighted by molar-refractivity contribution is 7.92. The highest BCUT2D eigenvalue weighted by atomic mass is 32.2. The quantitative estimate of drug-likeness (QED) is 0.329. The maximum absolute atomic E-state index is 16.1. The molecule has 14 heteroatoms. The van der Waals surface area contributed by atoms with E-state index < -0.39 is 27.1 Å². The number of rotatable bonds is 3. The fraction of sp³-hybridized carbons (Fsp3) is 0.300. The molecule has 1 fully saturated rings. The lowest BCUT2D eigenvalue weighted by molar-refractivity contribution is -0.126. The number of carbonyl (C=O) groups is 1. The van der Waals surface area contributed by atoms with Gasteiger partial charge in [0.25, 0.3) is 0 Å². The molecule has 1 atom stereocenters. The summed E-state index contributed by atoms with van der Waals surface area (Å²) < 4.78 is 55.5. The molecule has 4 aromatic rings. The normalized spacial score (nSPS) is 18.3. The minimum atomic E-state index is -3.54. The van der Waals surface area contributed by atoms with Crippen molar-refractivity contribution in [3.63, 3.8) is 0 Å². The molecular formula is C30H30F2N8O3S. The third-order valence-electron chi connectivity index (χ3n) is 7.86. The summed E-state index contributed by atoms with van der Waals surface area (Å²) in [5.41, 5.74) is -0.671. The number of nitrogens with zero attached hydrogens (tertiary/aromatic N) is 6. The number of anilines is 2. The van der Waals surface area contributed by atoms with Crippen LogP contribution in [0.4, 0.5) is 20.3 Å². The molecule has 2 aliphatic rings. The molecule has 44 heavy (non-hydrogen) atoms. The SMILES string of the molecule is C=CC(=O)N1CCN(c2nc(=O)n3c4nc(c(F)cc24)-c2c(F)cccc2NCCS(=N)(=O)c2ccnc(C(C)C)c2-3)CC1. The summed E-state index contributed by atoms with van der Waals surface area (Å²) in [7, 11) is -3.54. The number of benzene rings is 1. The summed E-state index contributed by atoms with van der Waals surface area (Å²) in [6.45, 7) is 8.45. The van der Waals surface area contributed by atoms with Gasteiger partial charge in [-0.1, -0.05) is 26.5 Å². The average molecular weight is 621 g/mol. The van der Waals surface area contributed by atoms with Crippen LogP contribution in [-0.2, 0) is 14.5 Å². The molecule has 2 N–H and O–H groups in total. The first-order valence-electron chi connectivity index (χ1n) is 14.1. The summed E-state index contributed by atoms with van der Waals surface area (Å²) in [5, 5.41) is 3.16. The van der Waals surface area contributed by atoms with Crippen molar-refractivity contribution >= 4 is 38.2 Å². The fourth-order valence-corrected chi connectivity index (χ4v) is 7.11. The predicted octanol–water partition coefficient (Wildman–Crippen LogP) is 3.91. The largest absolute Gasteiger partial charge is 0.383 e. The van der Waals surface area contributed by atoms with Crippen molar-refractivity contribution < 1.29 is 17.8 Å². The van der Waals surface area contributed by atoms with Gasteiger partial charge in [-0.15, -0.1) is 0 Å². The van der Waals surface area contributed by atoms with E-state index in [1.54, 1.807) is 15.9 Å². The van der Waals surface area contributed by atoms with Crippen molar-refractivity contribution in [2.75, 3.05) is 48.7 Å². The van der Waals surface area contributed by atoms with Gasteiger partial charge in [-0.05, 0) is 36.3 Å². The van der Waals surface area contributed by atoms with Crippen molar-refractivity contribution in [2.24, 2.45) is 0 Å². The zero-order valence-corrected chi connectivity index (χ0v) is 25.0. The minimum absolute atomic E-state index is 0.000697. The van der Waals surface area contributed by atoms with Gasteiger partial charge in [0.2, 0.25) is 5.91 Å². The number of amides is 1. The van der Waals surface area contributed by atoms with Gasteiger partial charge in [0.05, 0.1) is 42.7 Å². The van der Waals surface area contributed by atoms with Gasteiger partial charge in [-0.2, -0.15) is 4.98 Å².